The SMILES string of the molecule is COC(CNC(=O)C(c1ccccc1)C(C)C)C(=O)O. The average molecular weight is 279 g/mol. The molecule has 0 radical (unpaired) electrons. The van der Waals surface area contributed by atoms with Crippen molar-refractivity contribution in [2.24, 2.45) is 5.92 Å². The van der Waals surface area contributed by atoms with Crippen LogP contribution in [0, 0.1) is 5.92 Å². The van der Waals surface area contributed by atoms with Crippen molar-refractivity contribution in [1.29, 1.82) is 0 Å². The van der Waals surface area contributed by atoms with Crippen LogP contribution in [0.25, 0.3) is 0 Å². The first-order valence-electron chi connectivity index (χ1n) is 6.55. The van der Waals surface area contributed by atoms with E-state index in [1.807, 2.05) is 44.2 Å². The lowest BCUT2D eigenvalue weighted by Crippen LogP contribution is -2.40. The Morgan fingerprint density at radius 3 is 2.30 bits per heavy atom. The molecule has 0 aliphatic rings. The summed E-state index contributed by atoms with van der Waals surface area (Å²) in [5, 5.41) is 11.5. The zero-order valence-corrected chi connectivity index (χ0v) is 12.0. The molecule has 2 N–H and O–H groups in total. The number of methoxy groups -OCH3 is 1. The first kappa shape index (κ1) is 16.2. The molecule has 1 rings (SSSR count). The van der Waals surface area contributed by atoms with Crippen molar-refractivity contribution in [2.45, 2.75) is 25.9 Å². The van der Waals surface area contributed by atoms with Crippen LogP contribution in [0.2, 0.25) is 0 Å². The maximum Gasteiger partial charge on any atom is 0.334 e. The van der Waals surface area contributed by atoms with Gasteiger partial charge in [-0.05, 0) is 11.5 Å². The van der Waals surface area contributed by atoms with E-state index in [0.717, 1.165) is 5.56 Å². The third-order valence-corrected chi connectivity index (χ3v) is 3.13. The lowest BCUT2D eigenvalue weighted by atomic mass is 9.87. The Hall–Kier alpha value is -1.88. The number of carbonyl (C=O) groups is 2. The molecule has 0 saturated heterocycles. The van der Waals surface area contributed by atoms with Crippen molar-refractivity contribution in [3.8, 4) is 0 Å². The molecular formula is C15H21NO4. The number of aliphatic carboxylic acids is 1. The van der Waals surface area contributed by atoms with E-state index < -0.39 is 12.1 Å². The number of hydrogen-bond donors (Lipinski definition) is 2. The summed E-state index contributed by atoms with van der Waals surface area (Å²) in [5.74, 6) is -1.46. The smallest absolute Gasteiger partial charge is 0.334 e. The zero-order chi connectivity index (χ0) is 15.1. The number of amides is 1. The Bertz CT molecular complexity index is 444. The van der Waals surface area contributed by atoms with Crippen molar-refractivity contribution in [3.63, 3.8) is 0 Å². The first-order chi connectivity index (χ1) is 9.47. The maximum atomic E-state index is 12.3. The van der Waals surface area contributed by atoms with E-state index in [-0.39, 0.29) is 24.3 Å². The van der Waals surface area contributed by atoms with Gasteiger partial charge in [0.25, 0.3) is 0 Å². The fourth-order valence-corrected chi connectivity index (χ4v) is 2.07. The van der Waals surface area contributed by atoms with Crippen molar-refractivity contribution >= 4 is 11.9 Å². The highest BCUT2D eigenvalue weighted by atomic mass is 16.5. The first-order valence-corrected chi connectivity index (χ1v) is 6.55. The Morgan fingerprint density at radius 2 is 1.85 bits per heavy atom. The van der Waals surface area contributed by atoms with Crippen LogP contribution in [0.3, 0.4) is 0 Å². The molecule has 0 heterocycles. The summed E-state index contributed by atoms with van der Waals surface area (Å²) in [6, 6.07) is 9.45. The molecule has 0 bridgehead atoms. The summed E-state index contributed by atoms with van der Waals surface area (Å²) in [6.07, 6.45) is -1.03. The second kappa shape index (κ2) is 7.65. The lowest BCUT2D eigenvalue weighted by molar-refractivity contribution is -0.148. The van der Waals surface area contributed by atoms with Crippen LogP contribution in [0.5, 0.6) is 0 Å². The fraction of sp³-hybridized carbons (Fsp3) is 0.467. The summed E-state index contributed by atoms with van der Waals surface area (Å²) in [7, 11) is 1.31. The quantitative estimate of drug-likeness (QED) is 0.795. The number of carboxylic acids is 1. The number of rotatable bonds is 7. The fourth-order valence-electron chi connectivity index (χ4n) is 2.07. The minimum atomic E-state index is -1.09. The lowest BCUT2D eigenvalue weighted by Gasteiger charge is -2.21. The van der Waals surface area contributed by atoms with Gasteiger partial charge in [-0.3, -0.25) is 4.79 Å². The van der Waals surface area contributed by atoms with E-state index in [9.17, 15) is 9.59 Å². The molecule has 0 aliphatic carbocycles. The molecular weight excluding hydrogens is 258 g/mol. The molecule has 0 fully saturated rings. The van der Waals surface area contributed by atoms with Crippen molar-refractivity contribution in [3.05, 3.63) is 35.9 Å². The third-order valence-electron chi connectivity index (χ3n) is 3.13. The molecule has 110 valence electrons. The van der Waals surface area contributed by atoms with Gasteiger partial charge in [-0.1, -0.05) is 44.2 Å². The van der Waals surface area contributed by atoms with Gasteiger partial charge in [0, 0.05) is 7.11 Å². The number of hydrogen-bond acceptors (Lipinski definition) is 3. The van der Waals surface area contributed by atoms with Crippen LogP contribution in [-0.4, -0.2) is 36.7 Å². The van der Waals surface area contributed by atoms with E-state index in [4.69, 9.17) is 9.84 Å². The van der Waals surface area contributed by atoms with Crippen LogP contribution in [0.15, 0.2) is 30.3 Å². The zero-order valence-electron chi connectivity index (χ0n) is 12.0. The molecule has 2 atom stereocenters. The van der Waals surface area contributed by atoms with Crippen LogP contribution in [-0.2, 0) is 14.3 Å². The number of carboxylic acid groups (broad SMARTS) is 1. The van der Waals surface area contributed by atoms with Crippen LogP contribution in [0.1, 0.15) is 25.3 Å². The summed E-state index contributed by atoms with van der Waals surface area (Å²) >= 11 is 0. The second-order valence-electron chi connectivity index (χ2n) is 4.94. The minimum absolute atomic E-state index is 0.0410. The summed E-state index contributed by atoms with van der Waals surface area (Å²) in [6.45, 7) is 3.88. The molecule has 2 unspecified atom stereocenters. The molecule has 1 aromatic rings. The maximum absolute atomic E-state index is 12.3. The summed E-state index contributed by atoms with van der Waals surface area (Å²) in [5.41, 5.74) is 0.921. The molecule has 5 nitrogen and oxygen atoms in total. The van der Waals surface area contributed by atoms with E-state index in [0.29, 0.717) is 0 Å². The van der Waals surface area contributed by atoms with Crippen molar-refractivity contribution in [1.82, 2.24) is 5.32 Å². The molecule has 0 spiro atoms. The Morgan fingerprint density at radius 1 is 1.25 bits per heavy atom. The Balaban J connectivity index is 2.74. The van der Waals surface area contributed by atoms with Crippen molar-refractivity contribution in [2.75, 3.05) is 13.7 Å². The number of carbonyl (C=O) groups excluding carboxylic acids is 1. The minimum Gasteiger partial charge on any atom is -0.479 e. The number of benzene rings is 1. The normalized spacial score (nSPS) is 13.8. The van der Waals surface area contributed by atoms with E-state index in [1.165, 1.54) is 7.11 Å². The standard InChI is InChI=1S/C15H21NO4/c1-10(2)13(11-7-5-4-6-8-11)14(17)16-9-12(20-3)15(18)19/h4-8,10,12-13H,9H2,1-3H3,(H,16,17)(H,18,19). The predicted molar refractivity (Wildman–Crippen MR) is 75.5 cm³/mol. The molecule has 1 aromatic carbocycles. The van der Waals surface area contributed by atoms with E-state index in [2.05, 4.69) is 5.32 Å². The second-order valence-corrected chi connectivity index (χ2v) is 4.94. The van der Waals surface area contributed by atoms with E-state index >= 15 is 0 Å². The average Bonchev–Trinajstić information content (AvgIpc) is 2.40. The Kier molecular flexibility index (Phi) is 6.18. The highest BCUT2D eigenvalue weighted by Gasteiger charge is 2.25. The molecule has 0 aliphatic heterocycles. The Labute approximate surface area is 118 Å². The molecule has 0 saturated carbocycles. The molecule has 0 aromatic heterocycles. The van der Waals surface area contributed by atoms with Gasteiger partial charge in [-0.2, -0.15) is 0 Å². The highest BCUT2D eigenvalue weighted by Crippen LogP contribution is 2.24. The molecule has 5 heteroatoms. The summed E-state index contributed by atoms with van der Waals surface area (Å²) in [4.78, 5) is 23.1. The van der Waals surface area contributed by atoms with Gasteiger partial charge in [-0.15, -0.1) is 0 Å². The van der Waals surface area contributed by atoms with Gasteiger partial charge < -0.3 is 15.2 Å². The van der Waals surface area contributed by atoms with Gasteiger partial charge in [-0.25, -0.2) is 4.79 Å². The summed E-state index contributed by atoms with van der Waals surface area (Å²) < 4.78 is 4.79. The van der Waals surface area contributed by atoms with Gasteiger partial charge in [0.15, 0.2) is 6.10 Å². The van der Waals surface area contributed by atoms with Crippen LogP contribution >= 0.6 is 0 Å². The molecule has 20 heavy (non-hydrogen) atoms. The van der Waals surface area contributed by atoms with Gasteiger partial charge in [0.1, 0.15) is 0 Å². The van der Waals surface area contributed by atoms with Gasteiger partial charge in [0.05, 0.1) is 12.5 Å². The highest BCUT2D eigenvalue weighted by molar-refractivity contribution is 5.84. The van der Waals surface area contributed by atoms with Gasteiger partial charge in [0.2, 0.25) is 5.91 Å². The van der Waals surface area contributed by atoms with Crippen molar-refractivity contribution < 1.29 is 19.4 Å². The van der Waals surface area contributed by atoms with Gasteiger partial charge >= 0.3 is 5.97 Å². The van der Waals surface area contributed by atoms with E-state index in [1.54, 1.807) is 0 Å². The molecule has 1 amide bonds. The topological polar surface area (TPSA) is 75.6 Å². The monoisotopic (exact) mass is 279 g/mol. The third kappa shape index (κ3) is 4.35. The van der Waals surface area contributed by atoms with Crippen LogP contribution in [0.4, 0.5) is 0 Å². The predicted octanol–water partition coefficient (Wildman–Crippen LogP) is 1.64. The van der Waals surface area contributed by atoms with Crippen LogP contribution < -0.4 is 5.32 Å². The number of nitrogens with one attached hydrogen (secondary N) is 1. The largest absolute Gasteiger partial charge is 0.479 e. The number of ether oxygens (including phenoxy) is 1.